The lowest BCUT2D eigenvalue weighted by atomic mass is 9.95. The molecule has 1 heterocycles. The third-order valence-electron chi connectivity index (χ3n) is 6.12. The van der Waals surface area contributed by atoms with Gasteiger partial charge in [-0.1, -0.05) is 6.42 Å². The van der Waals surface area contributed by atoms with Crippen molar-refractivity contribution in [2.24, 2.45) is 16.8 Å². The number of halogens is 1. The summed E-state index contributed by atoms with van der Waals surface area (Å²) in [5.74, 6) is 2.33. The highest BCUT2D eigenvalue weighted by Gasteiger charge is 2.40. The van der Waals surface area contributed by atoms with Crippen LogP contribution < -0.4 is 10.6 Å². The monoisotopic (exact) mass is 535 g/mol. The SMILES string of the molecule is CN(C)C(=O)CN=C(NC1CC2CCC1C2)N1CCC(NC(=O)OC(C)(C)C)C1.I. The van der Waals surface area contributed by atoms with Gasteiger partial charge in [0.2, 0.25) is 5.91 Å². The lowest BCUT2D eigenvalue weighted by molar-refractivity contribution is -0.127. The molecule has 0 aromatic rings. The molecule has 8 nitrogen and oxygen atoms in total. The van der Waals surface area contributed by atoms with Crippen molar-refractivity contribution in [2.75, 3.05) is 33.7 Å². The van der Waals surface area contributed by atoms with Crippen molar-refractivity contribution in [2.45, 2.75) is 70.6 Å². The highest BCUT2D eigenvalue weighted by atomic mass is 127. The Hall–Kier alpha value is -1.26. The third kappa shape index (κ3) is 6.88. The van der Waals surface area contributed by atoms with E-state index in [1.165, 1.54) is 25.7 Å². The minimum absolute atomic E-state index is 0. The Morgan fingerprint density at radius 2 is 1.87 bits per heavy atom. The topological polar surface area (TPSA) is 86.3 Å². The Morgan fingerprint density at radius 3 is 2.43 bits per heavy atom. The van der Waals surface area contributed by atoms with Crippen molar-refractivity contribution in [3.63, 3.8) is 0 Å². The van der Waals surface area contributed by atoms with E-state index in [4.69, 9.17) is 4.74 Å². The molecule has 4 atom stereocenters. The van der Waals surface area contributed by atoms with Crippen molar-refractivity contribution in [1.29, 1.82) is 0 Å². The van der Waals surface area contributed by atoms with Crippen molar-refractivity contribution in [1.82, 2.24) is 20.4 Å². The van der Waals surface area contributed by atoms with Gasteiger partial charge in [0, 0.05) is 33.2 Å². The van der Waals surface area contributed by atoms with Crippen LogP contribution in [0.3, 0.4) is 0 Å². The summed E-state index contributed by atoms with van der Waals surface area (Å²) in [6.45, 7) is 7.18. The second-order valence-electron chi connectivity index (χ2n) is 9.93. The fourth-order valence-electron chi connectivity index (χ4n) is 4.65. The summed E-state index contributed by atoms with van der Waals surface area (Å²) in [4.78, 5) is 32.5. The normalized spacial score (nSPS) is 28.2. The molecule has 30 heavy (non-hydrogen) atoms. The molecule has 9 heteroatoms. The summed E-state index contributed by atoms with van der Waals surface area (Å²) < 4.78 is 5.38. The quantitative estimate of drug-likeness (QED) is 0.328. The molecule has 2 saturated carbocycles. The molecule has 2 amide bonds. The van der Waals surface area contributed by atoms with Gasteiger partial charge in [-0.2, -0.15) is 0 Å². The van der Waals surface area contributed by atoms with Gasteiger partial charge in [0.1, 0.15) is 12.1 Å². The number of likely N-dealkylation sites (tertiary alicyclic amines) is 1. The first-order valence-corrected chi connectivity index (χ1v) is 10.9. The van der Waals surface area contributed by atoms with Gasteiger partial charge in [0.05, 0.1) is 6.04 Å². The molecule has 3 fully saturated rings. The predicted molar refractivity (Wildman–Crippen MR) is 128 cm³/mol. The van der Waals surface area contributed by atoms with Crippen LogP contribution in [-0.4, -0.2) is 79.2 Å². The number of nitrogens with one attached hydrogen (secondary N) is 2. The zero-order valence-corrected chi connectivity index (χ0v) is 21.3. The molecule has 0 aromatic heterocycles. The lowest BCUT2D eigenvalue weighted by Crippen LogP contribution is -2.48. The Labute approximate surface area is 197 Å². The fourth-order valence-corrected chi connectivity index (χ4v) is 4.65. The number of nitrogens with zero attached hydrogens (tertiary/aromatic N) is 3. The Kier molecular flexibility index (Phi) is 8.64. The van der Waals surface area contributed by atoms with E-state index in [1.807, 2.05) is 20.8 Å². The van der Waals surface area contributed by atoms with Gasteiger partial charge in [0.15, 0.2) is 5.96 Å². The number of rotatable bonds is 4. The highest BCUT2D eigenvalue weighted by molar-refractivity contribution is 14.0. The number of hydrogen-bond acceptors (Lipinski definition) is 4. The van der Waals surface area contributed by atoms with Crippen molar-refractivity contribution in [3.05, 3.63) is 0 Å². The average Bonchev–Trinajstić information content (AvgIpc) is 3.33. The third-order valence-corrected chi connectivity index (χ3v) is 6.12. The van der Waals surface area contributed by atoms with Gasteiger partial charge in [-0.05, 0) is 58.3 Å². The van der Waals surface area contributed by atoms with Crippen LogP contribution in [0.25, 0.3) is 0 Å². The first kappa shape index (κ1) is 25.0. The highest BCUT2D eigenvalue weighted by Crippen LogP contribution is 2.44. The molecule has 3 aliphatic rings. The number of alkyl carbamates (subject to hydrolysis) is 1. The van der Waals surface area contributed by atoms with Crippen LogP contribution in [0.15, 0.2) is 4.99 Å². The van der Waals surface area contributed by atoms with Gasteiger partial charge >= 0.3 is 6.09 Å². The minimum Gasteiger partial charge on any atom is -0.444 e. The maximum Gasteiger partial charge on any atom is 0.407 e. The summed E-state index contributed by atoms with van der Waals surface area (Å²) >= 11 is 0. The second kappa shape index (κ2) is 10.4. The molecule has 1 saturated heterocycles. The maximum absolute atomic E-state index is 12.1. The van der Waals surface area contributed by atoms with Crippen LogP contribution in [0.2, 0.25) is 0 Å². The van der Waals surface area contributed by atoms with Crippen LogP contribution in [0.4, 0.5) is 4.79 Å². The average molecular weight is 535 g/mol. The first-order chi connectivity index (χ1) is 13.6. The second-order valence-corrected chi connectivity index (χ2v) is 9.93. The van der Waals surface area contributed by atoms with Gasteiger partial charge < -0.3 is 25.2 Å². The van der Waals surface area contributed by atoms with Gasteiger partial charge in [-0.3, -0.25) is 4.79 Å². The van der Waals surface area contributed by atoms with Gasteiger partial charge in [0.25, 0.3) is 0 Å². The number of hydrogen-bond donors (Lipinski definition) is 2. The molecule has 2 bridgehead atoms. The van der Waals surface area contributed by atoms with E-state index in [2.05, 4.69) is 20.5 Å². The molecule has 0 aromatic carbocycles. The van der Waals surface area contributed by atoms with E-state index in [0.717, 1.165) is 24.8 Å². The molecule has 0 spiro atoms. The van der Waals surface area contributed by atoms with E-state index >= 15 is 0 Å². The van der Waals surface area contributed by atoms with Crippen LogP contribution in [-0.2, 0) is 9.53 Å². The molecule has 4 unspecified atom stereocenters. The van der Waals surface area contributed by atoms with E-state index in [9.17, 15) is 9.59 Å². The zero-order chi connectivity index (χ0) is 21.2. The summed E-state index contributed by atoms with van der Waals surface area (Å²) in [7, 11) is 3.50. The zero-order valence-electron chi connectivity index (χ0n) is 18.9. The molecule has 0 radical (unpaired) electrons. The smallest absolute Gasteiger partial charge is 0.407 e. The number of carbonyl (C=O) groups excluding carboxylic acids is 2. The van der Waals surface area contributed by atoms with E-state index < -0.39 is 5.60 Å². The number of guanidine groups is 1. The fraction of sp³-hybridized carbons (Fsp3) is 0.857. The van der Waals surface area contributed by atoms with Crippen LogP contribution in [0, 0.1) is 11.8 Å². The number of amides is 2. The van der Waals surface area contributed by atoms with E-state index in [0.29, 0.717) is 18.5 Å². The van der Waals surface area contributed by atoms with E-state index in [-0.39, 0.29) is 48.6 Å². The summed E-state index contributed by atoms with van der Waals surface area (Å²) in [6.07, 6.45) is 5.59. The van der Waals surface area contributed by atoms with Crippen molar-refractivity contribution in [3.8, 4) is 0 Å². The van der Waals surface area contributed by atoms with Gasteiger partial charge in [-0.25, -0.2) is 9.79 Å². The number of fused-ring (bicyclic) bond motifs is 2. The molecule has 1 aliphatic heterocycles. The first-order valence-electron chi connectivity index (χ1n) is 10.9. The number of likely N-dealkylation sites (N-methyl/N-ethyl adjacent to an activating group) is 1. The largest absolute Gasteiger partial charge is 0.444 e. The van der Waals surface area contributed by atoms with E-state index in [1.54, 1.807) is 19.0 Å². The summed E-state index contributed by atoms with van der Waals surface area (Å²) in [5.41, 5.74) is -0.509. The maximum atomic E-state index is 12.1. The molecule has 172 valence electrons. The Morgan fingerprint density at radius 1 is 1.13 bits per heavy atom. The van der Waals surface area contributed by atoms with Crippen LogP contribution >= 0.6 is 24.0 Å². The van der Waals surface area contributed by atoms with Crippen LogP contribution in [0.5, 0.6) is 0 Å². The Bertz CT molecular complexity index is 649. The Balaban J connectivity index is 0.00000320. The lowest BCUT2D eigenvalue weighted by Gasteiger charge is -2.29. The standard InChI is InChI=1S/C21H37N5O3.HI/c1-21(2,3)29-20(28)23-16-8-9-26(13-16)19(22-12-18(27)25(4)5)24-17-11-14-6-7-15(17)10-14;/h14-17H,6-13H2,1-5H3,(H,22,24)(H,23,28);1H. The minimum atomic E-state index is -0.509. The van der Waals surface area contributed by atoms with Crippen molar-refractivity contribution < 1.29 is 14.3 Å². The van der Waals surface area contributed by atoms with Crippen molar-refractivity contribution >= 4 is 41.9 Å². The molecule has 3 rings (SSSR count). The molecule has 2 N–H and O–H groups in total. The molecular formula is C21H38IN5O3. The van der Waals surface area contributed by atoms with Gasteiger partial charge in [-0.15, -0.1) is 24.0 Å². The summed E-state index contributed by atoms with van der Waals surface area (Å²) in [5, 5.41) is 6.62. The predicted octanol–water partition coefficient (Wildman–Crippen LogP) is 2.43. The number of ether oxygens (including phenoxy) is 1. The summed E-state index contributed by atoms with van der Waals surface area (Å²) in [6, 6.07) is 0.459. The molecule has 2 aliphatic carbocycles. The van der Waals surface area contributed by atoms with Crippen LogP contribution in [0.1, 0.15) is 52.9 Å². The number of carbonyl (C=O) groups is 2. The molecular weight excluding hydrogens is 497 g/mol. The number of aliphatic imine (C=N–C) groups is 1.